The minimum absolute atomic E-state index is 0. The standard InChI is InChI=1S/3H3O4P.Rb.Ti/c3*1-5(2,3)4;;/h3*(H3,1,2,3,4);;/q;;;+1;+4/p-5. The number of hydrogen-bond acceptors (Lipinski definition) is 8. The van der Waals surface area contributed by atoms with Crippen LogP contribution in [0.2, 0.25) is 0 Å². The molecule has 0 saturated carbocycles. The Morgan fingerprint density at radius 3 is 0.706 bits per heavy atom. The van der Waals surface area contributed by atoms with Gasteiger partial charge in [0.2, 0.25) is 0 Å². The van der Waals surface area contributed by atoms with Crippen molar-refractivity contribution in [2.45, 2.75) is 0 Å². The van der Waals surface area contributed by atoms with Crippen LogP contribution >= 0.6 is 23.5 Å². The van der Waals surface area contributed by atoms with Crippen LogP contribution in [0.5, 0.6) is 0 Å². The molecule has 12 nitrogen and oxygen atoms in total. The van der Waals surface area contributed by atoms with Gasteiger partial charge in [0.05, 0.1) is 7.82 Å². The molecule has 0 aromatic carbocycles. The van der Waals surface area contributed by atoms with Crippen molar-refractivity contribution in [1.29, 1.82) is 0 Å². The maximum Gasteiger partial charge on any atom is 4.00 e. The maximum atomic E-state index is 8.88. The number of hydrogen-bond donors (Lipinski definition) is 4. The summed E-state index contributed by atoms with van der Waals surface area (Å²) in [6.45, 7) is 0. The van der Waals surface area contributed by atoms with Gasteiger partial charge < -0.3 is 53.2 Å². The fourth-order valence-electron chi connectivity index (χ4n) is 0. The molecule has 0 aromatic heterocycles. The third-order valence-corrected chi connectivity index (χ3v) is 0. The minimum atomic E-state index is -5.39. The van der Waals surface area contributed by atoms with Gasteiger partial charge in [-0.05, 0) is 0 Å². The molecule has 0 fully saturated rings. The van der Waals surface area contributed by atoms with Crippen molar-refractivity contribution in [1.82, 2.24) is 0 Å². The van der Waals surface area contributed by atoms with E-state index in [1.807, 2.05) is 0 Å². The third-order valence-electron chi connectivity index (χ3n) is 0. The Balaban J connectivity index is -0.0000000400. The summed E-state index contributed by atoms with van der Waals surface area (Å²) < 4.78 is 26.1. The molecule has 0 aromatic rings. The van der Waals surface area contributed by atoms with E-state index in [0.29, 0.717) is 0 Å². The molecule has 0 rings (SSSR count). The molecule has 96 valence electrons. The summed E-state index contributed by atoms with van der Waals surface area (Å²) in [4.78, 5) is 71.5. The van der Waals surface area contributed by atoms with E-state index in [4.69, 9.17) is 57.7 Å². The van der Waals surface area contributed by atoms with E-state index in [1.54, 1.807) is 0 Å². The van der Waals surface area contributed by atoms with Crippen molar-refractivity contribution < 1.29 is 138 Å². The van der Waals surface area contributed by atoms with Crippen LogP contribution in [-0.2, 0) is 35.4 Å². The first kappa shape index (κ1) is 32.0. The van der Waals surface area contributed by atoms with Crippen LogP contribution in [0.3, 0.4) is 0 Å². The summed E-state index contributed by atoms with van der Waals surface area (Å²) in [6.07, 6.45) is 0. The van der Waals surface area contributed by atoms with Gasteiger partial charge in [0.25, 0.3) is 0 Å². The van der Waals surface area contributed by atoms with E-state index in [9.17, 15) is 0 Å². The zero-order valence-corrected chi connectivity index (χ0v) is 17.1. The first-order valence-electron chi connectivity index (χ1n) is 2.26. The van der Waals surface area contributed by atoms with Crippen LogP contribution in [0, 0.1) is 0 Å². The van der Waals surface area contributed by atoms with Gasteiger partial charge in [-0.1, -0.05) is 0 Å². The summed E-state index contributed by atoms with van der Waals surface area (Å²) in [7, 11) is -15.2. The Hall–Kier alpha value is 2.85. The monoisotopic (exact) mass is 422 g/mol. The van der Waals surface area contributed by atoms with Crippen molar-refractivity contribution in [2.75, 3.05) is 0 Å². The Morgan fingerprint density at radius 2 is 0.706 bits per heavy atom. The number of rotatable bonds is 0. The number of phosphoric acid groups is 3. The Morgan fingerprint density at radius 1 is 0.706 bits per heavy atom. The quantitative estimate of drug-likeness (QED) is 0.210. The normalized spacial score (nSPS) is 10.4. The van der Waals surface area contributed by atoms with E-state index in [1.165, 1.54) is 0 Å². The Labute approximate surface area is 158 Å². The average molecular weight is 422 g/mol. The first-order chi connectivity index (χ1) is 6.00. The summed E-state index contributed by atoms with van der Waals surface area (Å²) in [5.41, 5.74) is 0. The Kier molecular flexibility index (Phi) is 26.0. The van der Waals surface area contributed by atoms with E-state index < -0.39 is 23.5 Å². The molecule has 0 bridgehead atoms. The maximum absolute atomic E-state index is 8.88. The van der Waals surface area contributed by atoms with Crippen LogP contribution < -0.4 is 82.7 Å². The second-order valence-corrected chi connectivity index (χ2v) is 4.29. The van der Waals surface area contributed by atoms with Crippen molar-refractivity contribution in [3.63, 3.8) is 0 Å². The van der Waals surface area contributed by atoms with E-state index in [-0.39, 0.29) is 79.9 Å². The molecule has 0 heterocycles. The third kappa shape index (κ3) is 659. The van der Waals surface area contributed by atoms with Gasteiger partial charge in [-0.15, -0.1) is 0 Å². The van der Waals surface area contributed by atoms with Gasteiger partial charge >= 0.3 is 87.7 Å². The zero-order chi connectivity index (χ0) is 13.5. The summed E-state index contributed by atoms with van der Waals surface area (Å²) in [6, 6.07) is 0. The zero-order valence-electron chi connectivity index (χ0n) is 7.90. The van der Waals surface area contributed by atoms with Crippen LogP contribution in [0.1, 0.15) is 0 Å². The molecule has 0 amide bonds. The molecule has 17 heavy (non-hydrogen) atoms. The summed E-state index contributed by atoms with van der Waals surface area (Å²) >= 11 is 0. The van der Waals surface area contributed by atoms with E-state index in [0.717, 1.165) is 0 Å². The molecule has 0 atom stereocenters. The second-order valence-electron chi connectivity index (χ2n) is 1.43. The van der Waals surface area contributed by atoms with E-state index >= 15 is 0 Å². The van der Waals surface area contributed by atoms with Gasteiger partial charge in [-0.25, -0.2) is 4.57 Å². The SMILES string of the molecule is O=P(O)(O)O.O=P([O-])([O-])O.O=P([O-])([O-])[O-].[Rb+].[Ti+4]. The molecule has 0 aliphatic heterocycles. The molecular weight excluding hydrogens is 418 g/mol. The second kappa shape index (κ2) is 13.8. The molecule has 0 saturated heterocycles. The molecule has 4 N–H and O–H groups in total. The molecule has 0 aliphatic carbocycles. The molecular formula is H4O12P3RbTi. The van der Waals surface area contributed by atoms with Crippen molar-refractivity contribution in [3.05, 3.63) is 0 Å². The first-order valence-corrected chi connectivity index (χ1v) is 6.78. The topological polar surface area (TPSA) is 247 Å². The van der Waals surface area contributed by atoms with Crippen LogP contribution in [0.15, 0.2) is 0 Å². The van der Waals surface area contributed by atoms with Gasteiger partial charge in [0.1, 0.15) is 0 Å². The Bertz CT molecular complexity index is 208. The molecule has 0 radical (unpaired) electrons. The predicted molar refractivity (Wildman–Crippen MR) is 31.7 cm³/mol. The summed E-state index contributed by atoms with van der Waals surface area (Å²) in [5.74, 6) is 0. The molecule has 0 spiro atoms. The van der Waals surface area contributed by atoms with E-state index in [2.05, 4.69) is 0 Å². The van der Waals surface area contributed by atoms with Crippen LogP contribution in [-0.4, -0.2) is 19.6 Å². The largest absolute Gasteiger partial charge is 4.00 e. The van der Waals surface area contributed by atoms with Crippen molar-refractivity contribution in [2.24, 2.45) is 0 Å². The summed E-state index contributed by atoms with van der Waals surface area (Å²) in [5, 5.41) is 0. The van der Waals surface area contributed by atoms with Crippen molar-refractivity contribution in [3.8, 4) is 0 Å². The van der Waals surface area contributed by atoms with Gasteiger partial charge in [-0.3, -0.25) is 0 Å². The minimum Gasteiger partial charge on any atom is -0.822 e. The predicted octanol–water partition coefficient (Wildman–Crippen LogP) is -8.94. The molecule has 0 aliphatic rings. The van der Waals surface area contributed by atoms with Gasteiger partial charge in [0.15, 0.2) is 0 Å². The van der Waals surface area contributed by atoms with Crippen molar-refractivity contribution >= 4 is 23.5 Å². The fraction of sp³-hybridized carbons (Fsp3) is 0. The molecule has 0 unspecified atom stereocenters. The van der Waals surface area contributed by atoms with Crippen LogP contribution in [0.25, 0.3) is 0 Å². The average Bonchev–Trinajstić information content (AvgIpc) is 1.41. The molecule has 17 heteroatoms. The van der Waals surface area contributed by atoms with Crippen LogP contribution in [0.4, 0.5) is 0 Å². The fourth-order valence-corrected chi connectivity index (χ4v) is 0. The smallest absolute Gasteiger partial charge is 0.822 e. The van der Waals surface area contributed by atoms with Gasteiger partial charge in [0, 0.05) is 0 Å². The van der Waals surface area contributed by atoms with Gasteiger partial charge in [-0.2, -0.15) is 7.82 Å².